The standard InChI is InChI=1S/C25H26N4O4S/c1-3-29-24(30)23(17-18-4-9-21(33-13-10-26)22(16-18)31-2)34-25(29)27-19-5-7-20(8-6-19)28-11-14-32-15-12-28/h4-9,16-17H,3,11-15H2,1-2H3/b23-17-,27-25?. The Kier molecular flexibility index (Phi) is 7.72. The third kappa shape index (κ3) is 5.35. The first-order chi connectivity index (χ1) is 16.6. The molecule has 1 amide bonds. The van der Waals surface area contributed by atoms with Crippen molar-refractivity contribution < 1.29 is 19.0 Å². The summed E-state index contributed by atoms with van der Waals surface area (Å²) in [4.78, 5) is 22.3. The maximum Gasteiger partial charge on any atom is 0.266 e. The number of methoxy groups -OCH3 is 1. The number of amidine groups is 1. The maximum absolute atomic E-state index is 13.0. The molecule has 2 aromatic carbocycles. The highest BCUT2D eigenvalue weighted by Gasteiger charge is 2.32. The van der Waals surface area contributed by atoms with Crippen molar-refractivity contribution in [2.45, 2.75) is 6.92 Å². The smallest absolute Gasteiger partial charge is 0.266 e. The average molecular weight is 479 g/mol. The van der Waals surface area contributed by atoms with Crippen molar-refractivity contribution in [3.05, 3.63) is 52.9 Å². The lowest BCUT2D eigenvalue weighted by Gasteiger charge is -2.28. The van der Waals surface area contributed by atoms with E-state index in [4.69, 9.17) is 24.5 Å². The molecule has 34 heavy (non-hydrogen) atoms. The molecule has 2 saturated heterocycles. The van der Waals surface area contributed by atoms with Gasteiger partial charge in [0.15, 0.2) is 23.3 Å². The van der Waals surface area contributed by atoms with Crippen molar-refractivity contribution in [3.63, 3.8) is 0 Å². The zero-order chi connectivity index (χ0) is 23.9. The molecule has 0 unspecified atom stereocenters. The highest BCUT2D eigenvalue weighted by Crippen LogP contribution is 2.36. The molecule has 2 aliphatic rings. The molecule has 0 spiro atoms. The van der Waals surface area contributed by atoms with Gasteiger partial charge in [-0.3, -0.25) is 9.69 Å². The fourth-order valence-electron chi connectivity index (χ4n) is 3.69. The van der Waals surface area contributed by atoms with Gasteiger partial charge in [0.1, 0.15) is 6.07 Å². The molecule has 8 nitrogen and oxygen atoms in total. The Morgan fingerprint density at radius 3 is 2.62 bits per heavy atom. The number of rotatable bonds is 7. The number of benzene rings is 2. The van der Waals surface area contributed by atoms with E-state index < -0.39 is 0 Å². The van der Waals surface area contributed by atoms with Gasteiger partial charge in [-0.1, -0.05) is 6.07 Å². The lowest BCUT2D eigenvalue weighted by Crippen LogP contribution is -2.36. The van der Waals surface area contributed by atoms with Crippen molar-refractivity contribution in [1.29, 1.82) is 5.26 Å². The predicted octanol–water partition coefficient (Wildman–Crippen LogP) is 4.06. The van der Waals surface area contributed by atoms with Crippen molar-refractivity contribution in [3.8, 4) is 17.6 Å². The zero-order valence-electron chi connectivity index (χ0n) is 19.2. The summed E-state index contributed by atoms with van der Waals surface area (Å²) in [6.07, 6.45) is 1.82. The summed E-state index contributed by atoms with van der Waals surface area (Å²) >= 11 is 1.35. The van der Waals surface area contributed by atoms with Crippen LogP contribution in [0.2, 0.25) is 0 Å². The Morgan fingerprint density at radius 2 is 1.94 bits per heavy atom. The largest absolute Gasteiger partial charge is 0.493 e. The van der Waals surface area contributed by atoms with E-state index >= 15 is 0 Å². The highest BCUT2D eigenvalue weighted by atomic mass is 32.2. The number of nitrogens with zero attached hydrogens (tertiary/aromatic N) is 4. The van der Waals surface area contributed by atoms with Gasteiger partial charge in [-0.2, -0.15) is 5.26 Å². The number of likely N-dealkylation sites (N-methyl/N-ethyl adjacent to an activating group) is 1. The van der Waals surface area contributed by atoms with Crippen molar-refractivity contribution in [2.24, 2.45) is 4.99 Å². The number of hydrogen-bond donors (Lipinski definition) is 0. The first kappa shape index (κ1) is 23.7. The van der Waals surface area contributed by atoms with Gasteiger partial charge in [0.05, 0.1) is 30.9 Å². The lowest BCUT2D eigenvalue weighted by atomic mass is 10.2. The van der Waals surface area contributed by atoms with Gasteiger partial charge >= 0.3 is 0 Å². The van der Waals surface area contributed by atoms with Crippen LogP contribution < -0.4 is 14.4 Å². The lowest BCUT2D eigenvalue weighted by molar-refractivity contribution is -0.122. The maximum atomic E-state index is 13.0. The third-order valence-corrected chi connectivity index (χ3v) is 6.44. The van der Waals surface area contributed by atoms with E-state index in [9.17, 15) is 4.79 Å². The number of thioether (sulfide) groups is 1. The Morgan fingerprint density at radius 1 is 1.18 bits per heavy atom. The van der Waals surface area contributed by atoms with Crippen LogP contribution in [0.5, 0.6) is 11.5 Å². The Bertz CT molecular complexity index is 1130. The van der Waals surface area contributed by atoms with Crippen LogP contribution >= 0.6 is 11.8 Å². The molecule has 0 aromatic heterocycles. The van der Waals surface area contributed by atoms with Gasteiger partial charge in [0.2, 0.25) is 0 Å². The second kappa shape index (κ2) is 11.1. The van der Waals surface area contributed by atoms with Crippen LogP contribution in [0.1, 0.15) is 12.5 Å². The normalized spacial score (nSPS) is 18.4. The van der Waals surface area contributed by atoms with Crippen molar-refractivity contribution in [1.82, 2.24) is 4.90 Å². The minimum atomic E-state index is -0.0834. The summed E-state index contributed by atoms with van der Waals surface area (Å²) in [6, 6.07) is 15.3. The molecule has 4 rings (SSSR count). The highest BCUT2D eigenvalue weighted by molar-refractivity contribution is 8.18. The number of ether oxygens (including phenoxy) is 3. The van der Waals surface area contributed by atoms with Gasteiger partial charge in [0.25, 0.3) is 5.91 Å². The molecule has 2 aliphatic heterocycles. The van der Waals surface area contributed by atoms with E-state index in [1.165, 1.54) is 18.9 Å². The second-order valence-corrected chi connectivity index (χ2v) is 8.54. The predicted molar refractivity (Wildman–Crippen MR) is 134 cm³/mol. The number of nitriles is 1. The average Bonchev–Trinajstić information content (AvgIpc) is 3.17. The summed E-state index contributed by atoms with van der Waals surface area (Å²) in [5.74, 6) is 0.899. The molecule has 0 aliphatic carbocycles. The van der Waals surface area contributed by atoms with E-state index in [1.54, 1.807) is 17.0 Å². The van der Waals surface area contributed by atoms with Crippen LogP contribution in [-0.2, 0) is 9.53 Å². The fraction of sp³-hybridized carbons (Fsp3) is 0.320. The molecule has 9 heteroatoms. The summed E-state index contributed by atoms with van der Waals surface area (Å²) in [5, 5.41) is 9.38. The summed E-state index contributed by atoms with van der Waals surface area (Å²) < 4.78 is 16.2. The number of amides is 1. The fourth-order valence-corrected chi connectivity index (χ4v) is 4.76. The molecule has 2 heterocycles. The molecule has 0 radical (unpaired) electrons. The minimum absolute atomic E-state index is 0.0656. The number of carbonyl (C=O) groups is 1. The Hall–Kier alpha value is -3.48. The Balaban J connectivity index is 1.54. The zero-order valence-corrected chi connectivity index (χ0v) is 20.0. The monoisotopic (exact) mass is 478 g/mol. The molecular formula is C25H26N4O4S. The van der Waals surface area contributed by atoms with Crippen molar-refractivity contribution in [2.75, 3.05) is 51.5 Å². The number of aliphatic imine (C=N–C) groups is 1. The van der Waals surface area contributed by atoms with Crippen molar-refractivity contribution >= 4 is 40.3 Å². The van der Waals surface area contributed by atoms with Gasteiger partial charge in [0, 0.05) is 25.3 Å². The van der Waals surface area contributed by atoms with Gasteiger partial charge in [-0.05, 0) is 66.7 Å². The SMILES string of the molecule is CCN1C(=O)/C(=C/c2ccc(OCC#N)c(OC)c2)SC1=Nc1ccc(N2CCOCC2)cc1. The van der Waals surface area contributed by atoms with Gasteiger partial charge < -0.3 is 19.1 Å². The van der Waals surface area contributed by atoms with E-state index in [-0.39, 0.29) is 12.5 Å². The van der Waals surface area contributed by atoms with Gasteiger partial charge in [-0.25, -0.2) is 4.99 Å². The van der Waals surface area contributed by atoms with E-state index in [1.807, 2.05) is 37.3 Å². The molecule has 0 saturated carbocycles. The molecule has 0 N–H and O–H groups in total. The molecule has 0 atom stereocenters. The van der Waals surface area contributed by atoms with E-state index in [2.05, 4.69) is 17.0 Å². The number of anilines is 1. The number of hydrogen-bond acceptors (Lipinski definition) is 8. The van der Waals surface area contributed by atoms with Gasteiger partial charge in [-0.15, -0.1) is 0 Å². The third-order valence-electron chi connectivity index (χ3n) is 5.43. The number of carbonyl (C=O) groups excluding carboxylic acids is 1. The summed E-state index contributed by atoms with van der Waals surface area (Å²) in [7, 11) is 1.54. The minimum Gasteiger partial charge on any atom is -0.493 e. The first-order valence-corrected chi connectivity index (χ1v) is 11.8. The van der Waals surface area contributed by atoms with Crippen LogP contribution in [0, 0.1) is 11.3 Å². The summed E-state index contributed by atoms with van der Waals surface area (Å²) in [6.45, 7) is 5.64. The molecule has 0 bridgehead atoms. The van der Waals surface area contributed by atoms with Crippen LogP contribution in [-0.4, -0.2) is 62.5 Å². The quantitative estimate of drug-likeness (QED) is 0.555. The van der Waals surface area contributed by atoms with Crippen LogP contribution in [0.15, 0.2) is 52.4 Å². The van der Waals surface area contributed by atoms with Crippen LogP contribution in [0.25, 0.3) is 6.08 Å². The second-order valence-electron chi connectivity index (χ2n) is 7.53. The Labute approximate surface area is 203 Å². The molecule has 2 aromatic rings. The topological polar surface area (TPSA) is 87.4 Å². The van der Waals surface area contributed by atoms with E-state index in [0.29, 0.717) is 28.1 Å². The summed E-state index contributed by atoms with van der Waals surface area (Å²) in [5.41, 5.74) is 2.74. The van der Waals surface area contributed by atoms with E-state index in [0.717, 1.165) is 43.2 Å². The molecule has 2 fully saturated rings. The molecular weight excluding hydrogens is 452 g/mol. The first-order valence-electron chi connectivity index (χ1n) is 11.0. The van der Waals surface area contributed by atoms with Crippen LogP contribution in [0.3, 0.4) is 0 Å². The number of morpholine rings is 1. The van der Waals surface area contributed by atoms with Crippen LogP contribution in [0.4, 0.5) is 11.4 Å². The molecule has 176 valence electrons.